The zero-order valence-electron chi connectivity index (χ0n) is 15.9. The van der Waals surface area contributed by atoms with Gasteiger partial charge >= 0.3 is 0 Å². The average Bonchev–Trinajstić information content (AvgIpc) is 3.13. The van der Waals surface area contributed by atoms with Gasteiger partial charge in [-0.05, 0) is 56.2 Å². The number of carbonyl (C=O) groups excluding carboxylic acids is 1. The topological polar surface area (TPSA) is 84.7 Å². The van der Waals surface area contributed by atoms with Crippen molar-refractivity contribution in [2.75, 3.05) is 5.43 Å². The maximum absolute atomic E-state index is 12.3. The van der Waals surface area contributed by atoms with Crippen LogP contribution < -0.4 is 10.9 Å². The van der Waals surface area contributed by atoms with Crippen molar-refractivity contribution in [2.45, 2.75) is 20.8 Å². The second kappa shape index (κ2) is 7.11. The van der Waals surface area contributed by atoms with Crippen molar-refractivity contribution in [3.8, 4) is 5.69 Å². The van der Waals surface area contributed by atoms with E-state index in [4.69, 9.17) is 0 Å². The molecular formula is C21H20N6O. The number of nitrogens with zero attached hydrogens (tertiary/aromatic N) is 4. The van der Waals surface area contributed by atoms with Crippen LogP contribution in [0.2, 0.25) is 0 Å². The smallest absolute Gasteiger partial charge is 0.269 e. The summed E-state index contributed by atoms with van der Waals surface area (Å²) in [5.74, 6) is 0.244. The number of hydrogen-bond acceptors (Lipinski definition) is 5. The molecule has 0 aliphatic carbocycles. The molecule has 2 aromatic carbocycles. The molecule has 0 unspecified atom stereocenters. The first-order chi connectivity index (χ1) is 13.5. The number of rotatable bonds is 4. The summed E-state index contributed by atoms with van der Waals surface area (Å²) in [6.45, 7) is 6.11. The van der Waals surface area contributed by atoms with Crippen molar-refractivity contribution in [3.05, 3.63) is 77.2 Å². The highest BCUT2D eigenvalue weighted by molar-refractivity contribution is 5.96. The SMILES string of the molecule is Cc1ccc(C(=O)NNc2ncnc3c2cnn3-c2ccc(C)c(C)c2)cc1. The maximum atomic E-state index is 12.3. The molecule has 7 heteroatoms. The summed E-state index contributed by atoms with van der Waals surface area (Å²) in [6, 6.07) is 13.5. The molecule has 0 spiro atoms. The van der Waals surface area contributed by atoms with E-state index >= 15 is 0 Å². The second-order valence-corrected chi connectivity index (χ2v) is 6.73. The maximum Gasteiger partial charge on any atom is 0.269 e. The van der Waals surface area contributed by atoms with Gasteiger partial charge in [-0.15, -0.1) is 0 Å². The van der Waals surface area contributed by atoms with Gasteiger partial charge < -0.3 is 0 Å². The second-order valence-electron chi connectivity index (χ2n) is 6.73. The summed E-state index contributed by atoms with van der Waals surface area (Å²) in [5, 5.41) is 5.17. The molecule has 0 fully saturated rings. The predicted molar refractivity (Wildman–Crippen MR) is 108 cm³/mol. The largest absolute Gasteiger partial charge is 0.281 e. The Morgan fingerprint density at radius 2 is 1.75 bits per heavy atom. The molecule has 2 aromatic heterocycles. The first-order valence-electron chi connectivity index (χ1n) is 8.92. The van der Waals surface area contributed by atoms with Gasteiger partial charge in [0, 0.05) is 5.56 Å². The minimum atomic E-state index is -0.242. The molecule has 0 aliphatic heterocycles. The Kier molecular flexibility index (Phi) is 4.49. The fourth-order valence-corrected chi connectivity index (χ4v) is 2.88. The third kappa shape index (κ3) is 3.29. The lowest BCUT2D eigenvalue weighted by molar-refractivity contribution is 0.0962. The molecule has 7 nitrogen and oxygen atoms in total. The van der Waals surface area contributed by atoms with Crippen LogP contribution in [0.5, 0.6) is 0 Å². The van der Waals surface area contributed by atoms with Gasteiger partial charge in [-0.3, -0.25) is 15.6 Å². The van der Waals surface area contributed by atoms with Gasteiger partial charge in [0.1, 0.15) is 6.33 Å². The average molecular weight is 372 g/mol. The molecule has 0 radical (unpaired) electrons. The Bertz CT molecular complexity index is 1160. The van der Waals surface area contributed by atoms with Crippen LogP contribution >= 0.6 is 0 Å². The minimum Gasteiger partial charge on any atom is -0.281 e. The minimum absolute atomic E-state index is 0.242. The van der Waals surface area contributed by atoms with Crippen molar-refractivity contribution in [1.29, 1.82) is 0 Å². The molecule has 2 heterocycles. The third-order valence-corrected chi connectivity index (χ3v) is 4.71. The Morgan fingerprint density at radius 3 is 2.50 bits per heavy atom. The number of aromatic nitrogens is 4. The number of anilines is 1. The lowest BCUT2D eigenvalue weighted by Crippen LogP contribution is -2.29. The van der Waals surface area contributed by atoms with E-state index in [2.05, 4.69) is 51.9 Å². The van der Waals surface area contributed by atoms with Crippen molar-refractivity contribution < 1.29 is 4.79 Å². The van der Waals surface area contributed by atoms with Gasteiger partial charge in [0.05, 0.1) is 17.3 Å². The van der Waals surface area contributed by atoms with Gasteiger partial charge in [-0.25, -0.2) is 14.6 Å². The van der Waals surface area contributed by atoms with Gasteiger partial charge in [0.15, 0.2) is 11.5 Å². The number of fused-ring (bicyclic) bond motifs is 1. The highest BCUT2D eigenvalue weighted by atomic mass is 16.2. The quantitative estimate of drug-likeness (QED) is 0.536. The summed E-state index contributed by atoms with van der Waals surface area (Å²) in [5.41, 5.74) is 11.2. The van der Waals surface area contributed by atoms with E-state index < -0.39 is 0 Å². The summed E-state index contributed by atoms with van der Waals surface area (Å²) in [7, 11) is 0. The van der Waals surface area contributed by atoms with E-state index in [1.165, 1.54) is 17.5 Å². The van der Waals surface area contributed by atoms with Crippen molar-refractivity contribution in [2.24, 2.45) is 0 Å². The number of aryl methyl sites for hydroxylation is 3. The van der Waals surface area contributed by atoms with E-state index in [9.17, 15) is 4.79 Å². The van der Waals surface area contributed by atoms with Crippen molar-refractivity contribution >= 4 is 22.8 Å². The molecule has 140 valence electrons. The Labute approximate surface area is 162 Å². The van der Waals surface area contributed by atoms with E-state index in [-0.39, 0.29) is 5.91 Å². The first-order valence-corrected chi connectivity index (χ1v) is 8.92. The lowest BCUT2D eigenvalue weighted by atomic mass is 10.1. The van der Waals surface area contributed by atoms with Gasteiger partial charge in [0.25, 0.3) is 5.91 Å². The molecule has 4 rings (SSSR count). The molecule has 28 heavy (non-hydrogen) atoms. The zero-order valence-corrected chi connectivity index (χ0v) is 15.9. The van der Waals surface area contributed by atoms with Gasteiger partial charge in [-0.2, -0.15) is 5.10 Å². The molecule has 0 aliphatic rings. The molecular weight excluding hydrogens is 352 g/mol. The molecule has 0 atom stereocenters. The van der Waals surface area contributed by atoms with E-state index in [0.29, 0.717) is 22.4 Å². The molecule has 1 amide bonds. The number of amides is 1. The molecule has 4 aromatic rings. The molecule has 0 saturated carbocycles. The van der Waals surface area contributed by atoms with E-state index in [0.717, 1.165) is 11.3 Å². The normalized spacial score (nSPS) is 10.8. The number of nitrogens with one attached hydrogen (secondary N) is 2. The molecule has 0 saturated heterocycles. The zero-order chi connectivity index (χ0) is 19.7. The number of benzene rings is 2. The number of carbonyl (C=O) groups is 1. The summed E-state index contributed by atoms with van der Waals surface area (Å²) >= 11 is 0. The Hall–Kier alpha value is -3.74. The van der Waals surface area contributed by atoms with Crippen LogP contribution in [0.4, 0.5) is 5.82 Å². The van der Waals surface area contributed by atoms with E-state index in [1.807, 2.05) is 25.1 Å². The number of hydrazine groups is 1. The van der Waals surface area contributed by atoms with Crippen molar-refractivity contribution in [3.63, 3.8) is 0 Å². The Morgan fingerprint density at radius 1 is 0.964 bits per heavy atom. The monoisotopic (exact) mass is 372 g/mol. The van der Waals surface area contributed by atoms with Crippen LogP contribution in [0.15, 0.2) is 55.0 Å². The highest BCUT2D eigenvalue weighted by Crippen LogP contribution is 2.22. The van der Waals surface area contributed by atoms with Crippen LogP contribution in [0.3, 0.4) is 0 Å². The fourth-order valence-electron chi connectivity index (χ4n) is 2.88. The fraction of sp³-hybridized carbons (Fsp3) is 0.143. The standard InChI is InChI=1S/C21H20N6O/c1-13-4-7-16(8-5-13)21(28)26-25-19-18-11-24-27(20(18)23-12-22-19)17-9-6-14(2)15(3)10-17/h4-12H,1-3H3,(H,26,28)(H,22,23,25). The summed E-state index contributed by atoms with van der Waals surface area (Å²) < 4.78 is 1.76. The van der Waals surface area contributed by atoms with Crippen LogP contribution in [0.25, 0.3) is 16.7 Å². The summed E-state index contributed by atoms with van der Waals surface area (Å²) in [6.07, 6.45) is 3.13. The predicted octanol–water partition coefficient (Wildman–Crippen LogP) is 3.50. The van der Waals surface area contributed by atoms with Gasteiger partial charge in [-0.1, -0.05) is 23.8 Å². The van der Waals surface area contributed by atoms with Crippen molar-refractivity contribution in [1.82, 2.24) is 25.2 Å². The van der Waals surface area contributed by atoms with Crippen LogP contribution in [0.1, 0.15) is 27.0 Å². The van der Waals surface area contributed by atoms with Crippen LogP contribution in [-0.2, 0) is 0 Å². The summed E-state index contributed by atoms with van der Waals surface area (Å²) in [4.78, 5) is 20.9. The highest BCUT2D eigenvalue weighted by Gasteiger charge is 2.12. The number of hydrogen-bond donors (Lipinski definition) is 2. The lowest BCUT2D eigenvalue weighted by Gasteiger charge is -2.09. The van der Waals surface area contributed by atoms with Crippen LogP contribution in [-0.4, -0.2) is 25.7 Å². The molecule has 0 bridgehead atoms. The Balaban J connectivity index is 1.60. The molecule has 2 N–H and O–H groups in total. The third-order valence-electron chi connectivity index (χ3n) is 4.71. The van der Waals surface area contributed by atoms with Crippen LogP contribution in [0, 0.1) is 20.8 Å². The van der Waals surface area contributed by atoms with E-state index in [1.54, 1.807) is 23.0 Å². The first kappa shape index (κ1) is 17.7. The van der Waals surface area contributed by atoms with Gasteiger partial charge in [0.2, 0.25) is 0 Å².